The summed E-state index contributed by atoms with van der Waals surface area (Å²) in [6.45, 7) is 7.04. The summed E-state index contributed by atoms with van der Waals surface area (Å²) >= 11 is 0. The molecule has 0 aliphatic rings. The largest absolute Gasteiger partial charge is 0.347 e. The molecule has 0 radical (unpaired) electrons. The lowest BCUT2D eigenvalue weighted by Crippen LogP contribution is -2.42. The summed E-state index contributed by atoms with van der Waals surface area (Å²) < 4.78 is 0. The van der Waals surface area contributed by atoms with Gasteiger partial charge in [0.05, 0.1) is 5.57 Å². The Morgan fingerprint density at radius 1 is 1.11 bits per heavy atom. The summed E-state index contributed by atoms with van der Waals surface area (Å²) in [5, 5.41) is 2.79. The molecule has 0 atom stereocenters. The van der Waals surface area contributed by atoms with Gasteiger partial charge in [0.15, 0.2) is 5.78 Å². The third kappa shape index (κ3) is 4.53. The first-order chi connectivity index (χ1) is 8.29. The Bertz CT molecular complexity index is 467. The van der Waals surface area contributed by atoms with Crippen LogP contribution in [0.25, 0.3) is 6.08 Å². The van der Waals surface area contributed by atoms with E-state index in [-0.39, 0.29) is 22.8 Å². The molecule has 1 amide bonds. The minimum atomic E-state index is -0.359. The van der Waals surface area contributed by atoms with E-state index in [1.807, 2.05) is 51.1 Å². The third-order valence-corrected chi connectivity index (χ3v) is 2.22. The van der Waals surface area contributed by atoms with Crippen molar-refractivity contribution in [3.8, 4) is 0 Å². The quantitative estimate of drug-likeness (QED) is 0.505. The average molecular weight is 245 g/mol. The van der Waals surface area contributed by atoms with Crippen molar-refractivity contribution in [2.24, 2.45) is 0 Å². The number of carbonyl (C=O) groups is 2. The minimum Gasteiger partial charge on any atom is -0.347 e. The van der Waals surface area contributed by atoms with Crippen molar-refractivity contribution in [1.82, 2.24) is 5.32 Å². The van der Waals surface area contributed by atoms with E-state index >= 15 is 0 Å². The first-order valence-corrected chi connectivity index (χ1v) is 5.90. The molecule has 1 N–H and O–H groups in total. The molecule has 0 aliphatic heterocycles. The highest BCUT2D eigenvalue weighted by atomic mass is 16.2. The van der Waals surface area contributed by atoms with Crippen LogP contribution >= 0.6 is 0 Å². The summed E-state index contributed by atoms with van der Waals surface area (Å²) in [5.74, 6) is -0.570. The Balaban J connectivity index is 3.01. The fourth-order valence-electron chi connectivity index (χ4n) is 1.45. The number of benzene rings is 1. The van der Waals surface area contributed by atoms with Gasteiger partial charge in [0, 0.05) is 5.54 Å². The molecular weight excluding hydrogens is 226 g/mol. The molecule has 0 spiro atoms. The van der Waals surface area contributed by atoms with Gasteiger partial charge in [-0.25, -0.2) is 0 Å². The van der Waals surface area contributed by atoms with Gasteiger partial charge >= 0.3 is 0 Å². The summed E-state index contributed by atoms with van der Waals surface area (Å²) in [4.78, 5) is 23.6. The Kier molecular flexibility index (Phi) is 4.43. The Labute approximate surface area is 108 Å². The summed E-state index contributed by atoms with van der Waals surface area (Å²) in [6.07, 6.45) is 1.61. The molecule has 0 heterocycles. The second kappa shape index (κ2) is 5.63. The molecule has 0 aromatic heterocycles. The summed E-state index contributed by atoms with van der Waals surface area (Å²) in [5.41, 5.74) is 0.658. The van der Waals surface area contributed by atoms with Gasteiger partial charge in [0.25, 0.3) is 5.91 Å². The first-order valence-electron chi connectivity index (χ1n) is 5.90. The van der Waals surface area contributed by atoms with Gasteiger partial charge in [0.2, 0.25) is 0 Å². The molecule has 96 valence electrons. The van der Waals surface area contributed by atoms with Crippen LogP contribution in [0.4, 0.5) is 0 Å². The maximum absolute atomic E-state index is 12.0. The van der Waals surface area contributed by atoms with Crippen LogP contribution in [-0.2, 0) is 9.59 Å². The lowest BCUT2D eigenvalue weighted by Gasteiger charge is -2.20. The van der Waals surface area contributed by atoms with E-state index in [1.54, 1.807) is 6.08 Å². The number of carbonyl (C=O) groups excluding carboxylic acids is 2. The van der Waals surface area contributed by atoms with E-state index in [4.69, 9.17) is 0 Å². The number of hydrogen-bond acceptors (Lipinski definition) is 2. The molecule has 0 unspecified atom stereocenters. The number of ketones is 1. The molecule has 1 rings (SSSR count). The predicted molar refractivity (Wildman–Crippen MR) is 73.0 cm³/mol. The normalized spacial score (nSPS) is 12.1. The molecule has 3 nitrogen and oxygen atoms in total. The number of nitrogens with one attached hydrogen (secondary N) is 1. The Hall–Kier alpha value is -1.90. The topological polar surface area (TPSA) is 46.2 Å². The monoisotopic (exact) mass is 245 g/mol. The summed E-state index contributed by atoms with van der Waals surface area (Å²) in [6, 6.07) is 9.33. The van der Waals surface area contributed by atoms with Gasteiger partial charge in [0.1, 0.15) is 0 Å². The van der Waals surface area contributed by atoms with Gasteiger partial charge in [-0.05, 0) is 39.3 Å². The van der Waals surface area contributed by atoms with Crippen LogP contribution in [0.1, 0.15) is 33.3 Å². The van der Waals surface area contributed by atoms with Crippen molar-refractivity contribution < 1.29 is 9.59 Å². The van der Waals surface area contributed by atoms with Crippen molar-refractivity contribution in [3.05, 3.63) is 41.5 Å². The molecule has 0 bridgehead atoms. The standard InChI is InChI=1S/C15H19NO2/c1-11(17)13(14(18)16-15(2,3)4)10-12-8-6-5-7-9-12/h5-10H,1-4H3,(H,16,18)/b13-10-. The van der Waals surface area contributed by atoms with Crippen molar-refractivity contribution in [2.45, 2.75) is 33.2 Å². The highest BCUT2D eigenvalue weighted by molar-refractivity contribution is 6.21. The second-order valence-electron chi connectivity index (χ2n) is 5.23. The zero-order chi connectivity index (χ0) is 13.8. The lowest BCUT2D eigenvalue weighted by atomic mass is 10.0. The zero-order valence-electron chi connectivity index (χ0n) is 11.3. The van der Waals surface area contributed by atoms with Crippen LogP contribution in [0.2, 0.25) is 0 Å². The average Bonchev–Trinajstić information content (AvgIpc) is 2.24. The van der Waals surface area contributed by atoms with Gasteiger partial charge < -0.3 is 5.32 Å². The van der Waals surface area contributed by atoms with E-state index in [2.05, 4.69) is 5.32 Å². The Morgan fingerprint density at radius 3 is 2.11 bits per heavy atom. The second-order valence-corrected chi connectivity index (χ2v) is 5.23. The van der Waals surface area contributed by atoms with E-state index < -0.39 is 0 Å². The molecular formula is C15H19NO2. The van der Waals surface area contributed by atoms with Crippen LogP contribution in [0.5, 0.6) is 0 Å². The SMILES string of the molecule is CC(=O)/C(=C/c1ccccc1)C(=O)NC(C)(C)C. The van der Waals surface area contributed by atoms with Gasteiger partial charge in [-0.1, -0.05) is 30.3 Å². The molecule has 18 heavy (non-hydrogen) atoms. The van der Waals surface area contributed by atoms with Crippen LogP contribution in [0.3, 0.4) is 0 Å². The van der Waals surface area contributed by atoms with Crippen LogP contribution < -0.4 is 5.32 Å². The lowest BCUT2D eigenvalue weighted by molar-refractivity contribution is -0.122. The third-order valence-electron chi connectivity index (χ3n) is 2.22. The molecule has 1 aromatic rings. The van der Waals surface area contributed by atoms with Crippen molar-refractivity contribution in [2.75, 3.05) is 0 Å². The van der Waals surface area contributed by atoms with Crippen molar-refractivity contribution in [1.29, 1.82) is 0 Å². The van der Waals surface area contributed by atoms with Crippen LogP contribution in [0.15, 0.2) is 35.9 Å². The van der Waals surface area contributed by atoms with E-state index in [0.717, 1.165) is 5.56 Å². The number of Topliss-reactive ketones (excluding diaryl/α,β-unsaturated/α-hetero) is 1. The van der Waals surface area contributed by atoms with Crippen LogP contribution in [-0.4, -0.2) is 17.2 Å². The number of amides is 1. The smallest absolute Gasteiger partial charge is 0.255 e. The van der Waals surface area contributed by atoms with E-state index in [9.17, 15) is 9.59 Å². The number of rotatable bonds is 3. The highest BCUT2D eigenvalue weighted by Crippen LogP contribution is 2.10. The van der Waals surface area contributed by atoms with Gasteiger partial charge in [-0.3, -0.25) is 9.59 Å². The summed E-state index contributed by atoms with van der Waals surface area (Å²) in [7, 11) is 0. The van der Waals surface area contributed by atoms with Crippen LogP contribution in [0, 0.1) is 0 Å². The zero-order valence-corrected chi connectivity index (χ0v) is 11.3. The van der Waals surface area contributed by atoms with E-state index in [0.29, 0.717) is 0 Å². The van der Waals surface area contributed by atoms with E-state index in [1.165, 1.54) is 6.92 Å². The Morgan fingerprint density at radius 2 is 1.67 bits per heavy atom. The first kappa shape index (κ1) is 14.2. The maximum atomic E-state index is 12.0. The molecule has 0 fully saturated rings. The minimum absolute atomic E-state index is 0.177. The van der Waals surface area contributed by atoms with Crippen molar-refractivity contribution >= 4 is 17.8 Å². The number of hydrogen-bond donors (Lipinski definition) is 1. The molecule has 1 aromatic carbocycles. The van der Waals surface area contributed by atoms with Gasteiger partial charge in [-0.2, -0.15) is 0 Å². The maximum Gasteiger partial charge on any atom is 0.255 e. The predicted octanol–water partition coefficient (Wildman–Crippen LogP) is 2.57. The van der Waals surface area contributed by atoms with Crippen molar-refractivity contribution in [3.63, 3.8) is 0 Å². The fourth-order valence-corrected chi connectivity index (χ4v) is 1.45. The molecule has 0 saturated heterocycles. The molecule has 0 saturated carbocycles. The molecule has 0 aliphatic carbocycles. The fraction of sp³-hybridized carbons (Fsp3) is 0.333. The molecule has 3 heteroatoms. The van der Waals surface area contributed by atoms with Gasteiger partial charge in [-0.15, -0.1) is 0 Å². The highest BCUT2D eigenvalue weighted by Gasteiger charge is 2.19.